The molecule has 0 fully saturated rings. The van der Waals surface area contributed by atoms with Crippen LogP contribution in [0.4, 0.5) is 11.6 Å². The Morgan fingerprint density at radius 1 is 1.08 bits per heavy atom. The average Bonchev–Trinajstić information content (AvgIpc) is 3.27. The molecule has 3 aromatic carbocycles. The fraction of sp³-hybridized carbons (Fsp3) is 0.148. The Balaban J connectivity index is 1.50. The minimum atomic E-state index is -0.534. The van der Waals surface area contributed by atoms with Gasteiger partial charge in [-0.25, -0.2) is 4.68 Å². The van der Waals surface area contributed by atoms with Gasteiger partial charge in [0.05, 0.1) is 5.57 Å². The molecule has 1 aliphatic rings. The minimum Gasteiger partial charge on any atom is -0.508 e. The van der Waals surface area contributed by atoms with Crippen LogP contribution in [0.3, 0.4) is 0 Å². The lowest BCUT2D eigenvalue weighted by Crippen LogP contribution is -2.31. The zero-order valence-corrected chi connectivity index (χ0v) is 21.3. The van der Waals surface area contributed by atoms with E-state index >= 15 is 0 Å². The van der Waals surface area contributed by atoms with E-state index in [1.54, 1.807) is 28.9 Å². The molecule has 36 heavy (non-hydrogen) atoms. The second-order valence-corrected chi connectivity index (χ2v) is 9.82. The fourth-order valence-electron chi connectivity index (χ4n) is 4.11. The molecule has 0 radical (unpaired) electrons. The molecule has 1 atom stereocenters. The van der Waals surface area contributed by atoms with Crippen molar-refractivity contribution < 1.29 is 9.90 Å². The molecule has 0 spiro atoms. The highest BCUT2D eigenvalue weighted by molar-refractivity contribution is 7.98. The molecule has 0 aliphatic carbocycles. The minimum absolute atomic E-state index is 0.147. The van der Waals surface area contributed by atoms with Crippen molar-refractivity contribution in [2.45, 2.75) is 30.8 Å². The van der Waals surface area contributed by atoms with E-state index in [-0.39, 0.29) is 11.7 Å². The molecular formula is C27H24ClN5O2S. The van der Waals surface area contributed by atoms with Gasteiger partial charge in [-0.15, -0.1) is 5.10 Å². The van der Waals surface area contributed by atoms with Gasteiger partial charge in [0.25, 0.3) is 5.91 Å². The van der Waals surface area contributed by atoms with E-state index in [2.05, 4.69) is 15.6 Å². The van der Waals surface area contributed by atoms with Gasteiger partial charge in [0, 0.05) is 22.2 Å². The molecule has 1 unspecified atom stereocenters. The van der Waals surface area contributed by atoms with Crippen molar-refractivity contribution >= 4 is 40.9 Å². The van der Waals surface area contributed by atoms with Crippen molar-refractivity contribution in [1.82, 2.24) is 14.8 Å². The summed E-state index contributed by atoms with van der Waals surface area (Å²) in [7, 11) is 0. The van der Waals surface area contributed by atoms with Crippen LogP contribution in [0.15, 0.2) is 89.2 Å². The third-order valence-corrected chi connectivity index (χ3v) is 7.25. The molecule has 0 saturated carbocycles. The van der Waals surface area contributed by atoms with Gasteiger partial charge in [0.15, 0.2) is 0 Å². The molecule has 1 aliphatic heterocycles. The maximum atomic E-state index is 13.6. The van der Waals surface area contributed by atoms with E-state index in [1.165, 1.54) is 11.8 Å². The second-order valence-electron chi connectivity index (χ2n) is 8.47. The number of nitrogens with zero attached hydrogens (tertiary/aromatic N) is 3. The van der Waals surface area contributed by atoms with Crippen molar-refractivity contribution in [3.8, 4) is 5.75 Å². The van der Waals surface area contributed by atoms with Gasteiger partial charge < -0.3 is 15.7 Å². The van der Waals surface area contributed by atoms with Gasteiger partial charge in [0.2, 0.25) is 11.1 Å². The van der Waals surface area contributed by atoms with Gasteiger partial charge >= 0.3 is 0 Å². The number of allylic oxidation sites excluding steroid dienone is 1. The predicted octanol–water partition coefficient (Wildman–Crippen LogP) is 6.17. The van der Waals surface area contributed by atoms with Crippen LogP contribution in [0.5, 0.6) is 5.75 Å². The number of phenolic OH excluding ortho intramolecular Hbond substituents is 1. The number of halogens is 1. The number of carbonyl (C=O) groups excluding carboxylic acids is 1. The Hall–Kier alpha value is -3.75. The highest BCUT2D eigenvalue weighted by Crippen LogP contribution is 2.38. The smallest absolute Gasteiger partial charge is 0.255 e. The summed E-state index contributed by atoms with van der Waals surface area (Å²) in [4.78, 5) is 18.3. The number of thioether (sulfide) groups is 1. The van der Waals surface area contributed by atoms with Gasteiger partial charge in [0.1, 0.15) is 11.8 Å². The van der Waals surface area contributed by atoms with Crippen molar-refractivity contribution in [2.24, 2.45) is 0 Å². The number of carbonyl (C=O) groups is 1. The van der Waals surface area contributed by atoms with E-state index < -0.39 is 6.04 Å². The number of para-hydroxylation sites is 1. The summed E-state index contributed by atoms with van der Waals surface area (Å²) in [5, 5.41) is 22.2. The first-order valence-electron chi connectivity index (χ1n) is 11.4. The van der Waals surface area contributed by atoms with Crippen LogP contribution in [0, 0.1) is 6.92 Å². The molecule has 1 amide bonds. The number of rotatable bonds is 6. The first-order valence-corrected chi connectivity index (χ1v) is 12.7. The number of phenols is 1. The summed E-state index contributed by atoms with van der Waals surface area (Å²) in [5.74, 6) is 1.06. The second kappa shape index (κ2) is 10.1. The number of hydrogen-bond acceptors (Lipinski definition) is 6. The van der Waals surface area contributed by atoms with Gasteiger partial charge in [-0.2, -0.15) is 4.98 Å². The van der Waals surface area contributed by atoms with Crippen molar-refractivity contribution in [1.29, 1.82) is 0 Å². The largest absolute Gasteiger partial charge is 0.508 e. The highest BCUT2D eigenvalue weighted by Gasteiger charge is 2.34. The van der Waals surface area contributed by atoms with Crippen LogP contribution in [-0.4, -0.2) is 25.8 Å². The van der Waals surface area contributed by atoms with E-state index in [4.69, 9.17) is 16.7 Å². The van der Waals surface area contributed by atoms with Crippen LogP contribution in [0.25, 0.3) is 0 Å². The quantitative estimate of drug-likeness (QED) is 0.265. The maximum Gasteiger partial charge on any atom is 0.255 e. The zero-order chi connectivity index (χ0) is 25.2. The predicted molar refractivity (Wildman–Crippen MR) is 143 cm³/mol. The number of amides is 1. The molecule has 0 saturated heterocycles. The van der Waals surface area contributed by atoms with Crippen LogP contribution in [-0.2, 0) is 10.5 Å². The third kappa shape index (κ3) is 4.82. The number of fused-ring (bicyclic) bond motifs is 1. The number of aromatic hydroxyl groups is 1. The number of aromatic nitrogens is 3. The molecule has 1 aromatic heterocycles. The summed E-state index contributed by atoms with van der Waals surface area (Å²) in [6.45, 7) is 3.81. The lowest BCUT2D eigenvalue weighted by Gasteiger charge is -2.28. The Bertz CT molecular complexity index is 1470. The van der Waals surface area contributed by atoms with Crippen molar-refractivity contribution in [3.63, 3.8) is 0 Å². The van der Waals surface area contributed by atoms with E-state index in [0.717, 1.165) is 22.4 Å². The number of anilines is 2. The lowest BCUT2D eigenvalue weighted by molar-refractivity contribution is -0.113. The molecule has 0 bridgehead atoms. The molecular weight excluding hydrogens is 494 g/mol. The first kappa shape index (κ1) is 24.0. The van der Waals surface area contributed by atoms with E-state index in [0.29, 0.717) is 33.2 Å². The standard InChI is InChI=1S/C27H24ClN5O2S/c1-16-7-3-6-10-22(16)30-25(35)23-17(2)29-26-31-27(36-15-19-8-4-5-9-21(19)28)32-33(26)24(23)18-11-13-20(34)14-12-18/h3-14,24,34H,15H2,1-2H3,(H,30,35)(H,29,31,32). The molecule has 2 heterocycles. The summed E-state index contributed by atoms with van der Waals surface area (Å²) in [6, 6.07) is 21.6. The summed E-state index contributed by atoms with van der Waals surface area (Å²) in [6.07, 6.45) is 0. The Morgan fingerprint density at radius 2 is 1.81 bits per heavy atom. The molecule has 3 N–H and O–H groups in total. The summed E-state index contributed by atoms with van der Waals surface area (Å²) in [5.41, 5.74) is 4.71. The SMILES string of the molecule is CC1=C(C(=O)Nc2ccccc2C)C(c2ccc(O)cc2)n2nc(SCc3ccccc3Cl)nc2N1. The number of nitrogens with one attached hydrogen (secondary N) is 2. The highest BCUT2D eigenvalue weighted by atomic mass is 35.5. The monoisotopic (exact) mass is 517 g/mol. The molecule has 9 heteroatoms. The zero-order valence-electron chi connectivity index (χ0n) is 19.7. The number of aryl methyl sites for hydroxylation is 1. The van der Waals surface area contributed by atoms with Crippen LogP contribution >= 0.6 is 23.4 Å². The average molecular weight is 518 g/mol. The number of hydrogen-bond donors (Lipinski definition) is 3. The van der Waals surface area contributed by atoms with Crippen molar-refractivity contribution in [2.75, 3.05) is 10.6 Å². The first-order chi connectivity index (χ1) is 17.4. The van der Waals surface area contributed by atoms with Gasteiger partial charge in [-0.1, -0.05) is 71.9 Å². The maximum absolute atomic E-state index is 13.6. The van der Waals surface area contributed by atoms with Crippen molar-refractivity contribution in [3.05, 3.63) is 106 Å². The fourth-order valence-corrected chi connectivity index (χ4v) is 5.23. The van der Waals surface area contributed by atoms with Crippen LogP contribution in [0.1, 0.15) is 29.7 Å². The molecule has 7 nitrogen and oxygen atoms in total. The molecule has 5 rings (SSSR count). The summed E-state index contributed by atoms with van der Waals surface area (Å²) < 4.78 is 1.72. The van der Waals surface area contributed by atoms with Crippen LogP contribution in [0.2, 0.25) is 5.02 Å². The van der Waals surface area contributed by atoms with E-state index in [1.807, 2.05) is 62.4 Å². The van der Waals surface area contributed by atoms with Gasteiger partial charge in [-0.3, -0.25) is 4.79 Å². The molecule has 182 valence electrons. The Morgan fingerprint density at radius 3 is 2.56 bits per heavy atom. The number of benzene rings is 3. The Kier molecular flexibility index (Phi) is 6.71. The lowest BCUT2D eigenvalue weighted by atomic mass is 9.95. The Labute approximate surface area is 218 Å². The summed E-state index contributed by atoms with van der Waals surface area (Å²) >= 11 is 7.78. The molecule has 4 aromatic rings. The van der Waals surface area contributed by atoms with Crippen LogP contribution < -0.4 is 10.6 Å². The topological polar surface area (TPSA) is 92.1 Å². The third-order valence-electron chi connectivity index (χ3n) is 5.99. The van der Waals surface area contributed by atoms with E-state index in [9.17, 15) is 9.90 Å². The van der Waals surface area contributed by atoms with Gasteiger partial charge in [-0.05, 0) is 54.8 Å². The normalized spacial score (nSPS) is 14.8.